The summed E-state index contributed by atoms with van der Waals surface area (Å²) < 4.78 is 37.0. The van der Waals surface area contributed by atoms with Gasteiger partial charge in [0.05, 0.1) is 23.7 Å². The van der Waals surface area contributed by atoms with Crippen LogP contribution in [-0.4, -0.2) is 58.8 Å². The molecule has 1 aromatic carbocycles. The molecule has 1 aromatic rings. The Morgan fingerprint density at radius 3 is 2.53 bits per heavy atom. The summed E-state index contributed by atoms with van der Waals surface area (Å²) in [4.78, 5) is 47.7. The van der Waals surface area contributed by atoms with Crippen LogP contribution in [0.2, 0.25) is 5.02 Å². The van der Waals surface area contributed by atoms with Crippen LogP contribution < -0.4 is 16.0 Å². The number of carboxylic acid groups (broad SMARTS) is 1. The molecule has 1 fully saturated rings. The highest BCUT2D eigenvalue weighted by molar-refractivity contribution is 6.31. The number of alkyl halides is 3. The number of aliphatic carboxylic acids is 1. The lowest BCUT2D eigenvalue weighted by Crippen LogP contribution is -2.48. The van der Waals surface area contributed by atoms with E-state index in [9.17, 15) is 37.5 Å². The highest BCUT2D eigenvalue weighted by Gasteiger charge is 2.35. The van der Waals surface area contributed by atoms with Crippen molar-refractivity contribution in [2.75, 3.05) is 11.9 Å². The van der Waals surface area contributed by atoms with Crippen molar-refractivity contribution in [3.05, 3.63) is 28.8 Å². The van der Waals surface area contributed by atoms with Crippen molar-refractivity contribution in [3.8, 4) is 0 Å². The topological polar surface area (TPSA) is 145 Å². The van der Waals surface area contributed by atoms with E-state index in [1.165, 1.54) is 12.1 Å². The molecule has 0 radical (unpaired) electrons. The Labute approximate surface area is 185 Å². The number of carbonyl (C=O) groups excluding carboxylic acids is 3. The van der Waals surface area contributed by atoms with Gasteiger partial charge in [-0.25, -0.2) is 4.79 Å². The van der Waals surface area contributed by atoms with Crippen molar-refractivity contribution < 1.29 is 42.6 Å². The molecule has 13 heteroatoms. The average molecular weight is 480 g/mol. The van der Waals surface area contributed by atoms with E-state index in [0.717, 1.165) is 6.07 Å². The summed E-state index contributed by atoms with van der Waals surface area (Å²) in [6, 6.07) is 2.27. The molecule has 0 saturated carbocycles. The van der Waals surface area contributed by atoms with Crippen LogP contribution in [0, 0.1) is 5.92 Å². The molecule has 3 amide bonds. The van der Waals surface area contributed by atoms with E-state index in [0.29, 0.717) is 13.0 Å². The van der Waals surface area contributed by atoms with Gasteiger partial charge in [0.1, 0.15) is 0 Å². The van der Waals surface area contributed by atoms with Gasteiger partial charge >= 0.3 is 12.1 Å². The minimum Gasteiger partial charge on any atom is -0.479 e. The number of aliphatic hydroxyl groups excluding tert-OH is 1. The molecular formula is C19H21ClF3N3O6. The van der Waals surface area contributed by atoms with Gasteiger partial charge in [0.2, 0.25) is 11.8 Å². The predicted molar refractivity (Wildman–Crippen MR) is 106 cm³/mol. The summed E-state index contributed by atoms with van der Waals surface area (Å²) in [5, 5.41) is 26.3. The van der Waals surface area contributed by atoms with E-state index < -0.39 is 54.9 Å². The number of benzene rings is 1. The number of carboxylic acids is 1. The second-order valence-corrected chi connectivity index (χ2v) is 7.67. The number of halogens is 4. The molecule has 3 atom stereocenters. The Kier molecular flexibility index (Phi) is 8.44. The Balaban J connectivity index is 2.19. The van der Waals surface area contributed by atoms with Crippen molar-refractivity contribution in [2.24, 2.45) is 5.92 Å². The first-order valence-electron chi connectivity index (χ1n) is 9.53. The zero-order valence-corrected chi connectivity index (χ0v) is 17.3. The molecule has 0 spiro atoms. The largest absolute Gasteiger partial charge is 0.479 e. The molecule has 2 rings (SSSR count). The number of carbonyl (C=O) groups is 4. The van der Waals surface area contributed by atoms with Gasteiger partial charge in [0, 0.05) is 23.9 Å². The summed E-state index contributed by atoms with van der Waals surface area (Å²) in [6.45, 7) is 0.371. The fourth-order valence-corrected chi connectivity index (χ4v) is 3.31. The van der Waals surface area contributed by atoms with E-state index in [4.69, 9.17) is 16.7 Å². The van der Waals surface area contributed by atoms with Crippen molar-refractivity contribution in [3.63, 3.8) is 0 Å². The summed E-state index contributed by atoms with van der Waals surface area (Å²) in [5.74, 6) is -4.54. The lowest BCUT2D eigenvalue weighted by molar-refractivity contribution is -0.148. The maximum absolute atomic E-state index is 12.8. The van der Waals surface area contributed by atoms with Crippen LogP contribution in [0.4, 0.5) is 18.9 Å². The molecule has 0 aromatic heterocycles. The number of anilines is 1. The lowest BCUT2D eigenvalue weighted by atomic mass is 9.94. The van der Waals surface area contributed by atoms with E-state index in [-0.39, 0.29) is 28.6 Å². The van der Waals surface area contributed by atoms with Gasteiger partial charge in [-0.3, -0.25) is 14.4 Å². The fourth-order valence-electron chi connectivity index (χ4n) is 3.14. The molecule has 176 valence electrons. The Morgan fingerprint density at radius 2 is 1.97 bits per heavy atom. The summed E-state index contributed by atoms with van der Waals surface area (Å²) in [6.07, 6.45) is -8.58. The molecule has 3 unspecified atom stereocenters. The van der Waals surface area contributed by atoms with E-state index in [1.807, 2.05) is 0 Å². The first kappa shape index (κ1) is 25.4. The van der Waals surface area contributed by atoms with Crippen molar-refractivity contribution in [1.82, 2.24) is 10.6 Å². The summed E-state index contributed by atoms with van der Waals surface area (Å²) in [7, 11) is 0. The minimum atomic E-state index is -4.54. The van der Waals surface area contributed by atoms with Crippen LogP contribution >= 0.6 is 11.6 Å². The number of hydrogen-bond donors (Lipinski definition) is 5. The molecule has 1 aliphatic rings. The Morgan fingerprint density at radius 1 is 1.28 bits per heavy atom. The zero-order valence-electron chi connectivity index (χ0n) is 16.5. The first-order chi connectivity index (χ1) is 14.9. The highest BCUT2D eigenvalue weighted by atomic mass is 35.5. The third-order valence-corrected chi connectivity index (χ3v) is 5.02. The molecule has 5 N–H and O–H groups in total. The van der Waals surface area contributed by atoms with Crippen LogP contribution in [0.5, 0.6) is 0 Å². The standard InChI is InChI=1S/C19H21ClF3N3O6/c20-10-1-2-12(25-14(27)3-5-19(21,22)23)11(8-10)17(30)26-13(15(28)18(31)32)7-9-4-6-24-16(9)29/h1-2,8-9,13,15,28H,3-7H2,(H,24,29)(H,25,27)(H,26,30)(H,31,32). The maximum Gasteiger partial charge on any atom is 0.389 e. The van der Waals surface area contributed by atoms with Crippen molar-refractivity contribution in [2.45, 2.75) is 44.0 Å². The third kappa shape index (κ3) is 7.38. The van der Waals surface area contributed by atoms with Gasteiger partial charge < -0.3 is 26.2 Å². The highest BCUT2D eigenvalue weighted by Crippen LogP contribution is 2.25. The normalized spacial score (nSPS) is 17.9. The number of rotatable bonds is 9. The van der Waals surface area contributed by atoms with E-state index in [1.54, 1.807) is 0 Å². The lowest BCUT2D eigenvalue weighted by Gasteiger charge is -2.24. The average Bonchev–Trinajstić information content (AvgIpc) is 3.10. The SMILES string of the molecule is O=C(CCC(F)(F)F)Nc1ccc(Cl)cc1C(=O)NC(CC1CCNC1=O)C(O)C(=O)O. The number of nitrogens with one attached hydrogen (secondary N) is 3. The Hall–Kier alpha value is -2.86. The molecule has 32 heavy (non-hydrogen) atoms. The number of hydrogen-bond acceptors (Lipinski definition) is 5. The molecule has 9 nitrogen and oxygen atoms in total. The molecule has 1 aliphatic heterocycles. The quantitative estimate of drug-likeness (QED) is 0.364. The maximum atomic E-state index is 12.8. The second kappa shape index (κ2) is 10.6. The third-order valence-electron chi connectivity index (χ3n) is 4.79. The molecule has 0 aliphatic carbocycles. The van der Waals surface area contributed by atoms with Gasteiger partial charge in [0.25, 0.3) is 5.91 Å². The monoisotopic (exact) mass is 479 g/mol. The number of aliphatic hydroxyl groups is 1. The fraction of sp³-hybridized carbons (Fsp3) is 0.474. The molecular weight excluding hydrogens is 459 g/mol. The van der Waals surface area contributed by atoms with Gasteiger partial charge in [-0.05, 0) is 31.0 Å². The van der Waals surface area contributed by atoms with Crippen LogP contribution in [0.25, 0.3) is 0 Å². The van der Waals surface area contributed by atoms with Crippen molar-refractivity contribution >= 4 is 41.0 Å². The Bertz CT molecular complexity index is 896. The summed E-state index contributed by atoms with van der Waals surface area (Å²) >= 11 is 5.89. The number of amides is 3. The van der Waals surface area contributed by atoms with Crippen LogP contribution in [0.1, 0.15) is 36.0 Å². The van der Waals surface area contributed by atoms with Crippen LogP contribution in [0.15, 0.2) is 18.2 Å². The van der Waals surface area contributed by atoms with Crippen molar-refractivity contribution in [1.29, 1.82) is 0 Å². The van der Waals surface area contributed by atoms with Gasteiger partial charge in [0.15, 0.2) is 6.10 Å². The van der Waals surface area contributed by atoms with E-state index in [2.05, 4.69) is 16.0 Å². The van der Waals surface area contributed by atoms with Gasteiger partial charge in [-0.15, -0.1) is 0 Å². The smallest absolute Gasteiger partial charge is 0.389 e. The van der Waals surface area contributed by atoms with Crippen LogP contribution in [0.3, 0.4) is 0 Å². The van der Waals surface area contributed by atoms with Gasteiger partial charge in [-0.2, -0.15) is 13.2 Å². The minimum absolute atomic E-state index is 0.0638. The molecule has 0 bridgehead atoms. The second-order valence-electron chi connectivity index (χ2n) is 7.23. The van der Waals surface area contributed by atoms with Crippen LogP contribution in [-0.2, 0) is 14.4 Å². The van der Waals surface area contributed by atoms with Gasteiger partial charge in [-0.1, -0.05) is 11.6 Å². The first-order valence-corrected chi connectivity index (χ1v) is 9.90. The predicted octanol–water partition coefficient (Wildman–Crippen LogP) is 1.69. The van der Waals surface area contributed by atoms with E-state index >= 15 is 0 Å². The summed E-state index contributed by atoms with van der Waals surface area (Å²) in [5.41, 5.74) is -0.405. The zero-order chi connectivity index (χ0) is 24.1. The molecule has 1 saturated heterocycles. The molecule has 1 heterocycles.